The molecular formula is C8H6N4O2. The minimum atomic E-state index is -0.614. The van der Waals surface area contributed by atoms with Crippen molar-refractivity contribution in [2.45, 2.75) is 0 Å². The van der Waals surface area contributed by atoms with Gasteiger partial charge < -0.3 is 10.2 Å². The third kappa shape index (κ3) is 1.45. The molecule has 6 heteroatoms. The Labute approximate surface area is 78.8 Å². The van der Waals surface area contributed by atoms with Crippen LogP contribution in [0, 0.1) is 0 Å². The van der Waals surface area contributed by atoms with E-state index in [4.69, 9.17) is 10.2 Å². The average molecular weight is 190 g/mol. The van der Waals surface area contributed by atoms with Crippen LogP contribution in [0.5, 0.6) is 0 Å². The van der Waals surface area contributed by atoms with Crippen molar-refractivity contribution in [2.24, 2.45) is 5.73 Å². The lowest BCUT2D eigenvalue weighted by Crippen LogP contribution is -2.13. The number of nitrogens with zero attached hydrogens (tertiary/aromatic N) is 3. The van der Waals surface area contributed by atoms with E-state index < -0.39 is 5.91 Å². The van der Waals surface area contributed by atoms with Crippen molar-refractivity contribution in [3.8, 4) is 11.6 Å². The van der Waals surface area contributed by atoms with Gasteiger partial charge >= 0.3 is 0 Å². The van der Waals surface area contributed by atoms with Crippen molar-refractivity contribution in [2.75, 3.05) is 0 Å². The number of carbonyl (C=O) groups is 1. The fourth-order valence-corrected chi connectivity index (χ4v) is 0.916. The second-order valence-corrected chi connectivity index (χ2v) is 2.49. The summed E-state index contributed by atoms with van der Waals surface area (Å²) in [5, 5.41) is 0. The highest BCUT2D eigenvalue weighted by molar-refractivity contribution is 5.90. The first-order chi connectivity index (χ1) is 6.77. The molecule has 0 aliphatic carbocycles. The summed E-state index contributed by atoms with van der Waals surface area (Å²) in [5.41, 5.74) is 5.57. The molecule has 0 spiro atoms. The molecule has 0 saturated heterocycles. The molecule has 2 N–H and O–H groups in total. The summed E-state index contributed by atoms with van der Waals surface area (Å²) in [6.07, 6.45) is 5.59. The molecule has 6 nitrogen and oxygen atoms in total. The summed E-state index contributed by atoms with van der Waals surface area (Å²) >= 11 is 0. The molecule has 0 aliphatic heterocycles. The summed E-state index contributed by atoms with van der Waals surface area (Å²) < 4.78 is 4.99. The van der Waals surface area contributed by atoms with Gasteiger partial charge in [-0.3, -0.25) is 4.79 Å². The Morgan fingerprint density at radius 3 is 2.64 bits per heavy atom. The molecule has 0 aromatic carbocycles. The molecule has 0 radical (unpaired) electrons. The Kier molecular flexibility index (Phi) is 1.94. The number of aromatic nitrogens is 3. The highest BCUT2D eigenvalue weighted by Crippen LogP contribution is 2.11. The van der Waals surface area contributed by atoms with E-state index in [1.807, 2.05) is 0 Å². The summed E-state index contributed by atoms with van der Waals surface area (Å²) in [6, 6.07) is 0. The molecule has 0 saturated carbocycles. The molecule has 2 heterocycles. The van der Waals surface area contributed by atoms with Crippen LogP contribution in [0.4, 0.5) is 0 Å². The van der Waals surface area contributed by atoms with Crippen LogP contribution < -0.4 is 5.73 Å². The molecule has 2 aromatic heterocycles. The van der Waals surface area contributed by atoms with Crippen molar-refractivity contribution in [1.29, 1.82) is 0 Å². The lowest BCUT2D eigenvalue weighted by atomic mass is 10.4. The number of nitrogens with two attached hydrogens (primary N) is 1. The Morgan fingerprint density at radius 1 is 1.29 bits per heavy atom. The molecule has 0 atom stereocenters. The summed E-state index contributed by atoms with van der Waals surface area (Å²) in [5.74, 6) is -0.259. The highest BCUT2D eigenvalue weighted by Gasteiger charge is 2.06. The van der Waals surface area contributed by atoms with E-state index in [0.29, 0.717) is 11.6 Å². The van der Waals surface area contributed by atoms with Gasteiger partial charge in [0.1, 0.15) is 17.7 Å². The van der Waals surface area contributed by atoms with Gasteiger partial charge in [-0.2, -0.15) is 0 Å². The molecule has 0 bridgehead atoms. The first kappa shape index (κ1) is 8.36. The van der Waals surface area contributed by atoms with Crippen LogP contribution in [0.3, 0.4) is 0 Å². The Balaban J connectivity index is 2.36. The number of primary amides is 1. The van der Waals surface area contributed by atoms with Gasteiger partial charge in [0.05, 0.1) is 18.6 Å². The molecule has 14 heavy (non-hydrogen) atoms. The molecule has 0 unspecified atom stereocenters. The minimum absolute atomic E-state index is 0.111. The van der Waals surface area contributed by atoms with E-state index in [-0.39, 0.29) is 5.69 Å². The maximum absolute atomic E-state index is 10.7. The van der Waals surface area contributed by atoms with Gasteiger partial charge in [0, 0.05) is 0 Å². The second kappa shape index (κ2) is 3.25. The molecular weight excluding hydrogens is 184 g/mol. The van der Waals surface area contributed by atoms with E-state index >= 15 is 0 Å². The van der Waals surface area contributed by atoms with Gasteiger partial charge in [-0.1, -0.05) is 0 Å². The third-order valence-corrected chi connectivity index (χ3v) is 1.56. The van der Waals surface area contributed by atoms with Crippen LogP contribution in [0.2, 0.25) is 0 Å². The number of rotatable bonds is 2. The first-order valence-electron chi connectivity index (χ1n) is 3.79. The minimum Gasteiger partial charge on any atom is -0.443 e. The van der Waals surface area contributed by atoms with Crippen molar-refractivity contribution < 1.29 is 9.21 Å². The van der Waals surface area contributed by atoms with Gasteiger partial charge in [0.15, 0.2) is 0 Å². The molecule has 70 valence electrons. The monoisotopic (exact) mass is 190 g/mol. The van der Waals surface area contributed by atoms with Gasteiger partial charge in [-0.05, 0) is 0 Å². The van der Waals surface area contributed by atoms with E-state index in [1.54, 1.807) is 0 Å². The van der Waals surface area contributed by atoms with E-state index in [9.17, 15) is 4.79 Å². The largest absolute Gasteiger partial charge is 0.443 e. The molecule has 0 fully saturated rings. The van der Waals surface area contributed by atoms with Crippen LogP contribution in [0.25, 0.3) is 11.6 Å². The number of oxazole rings is 1. The summed E-state index contributed by atoms with van der Waals surface area (Å²) in [7, 11) is 0. The fourth-order valence-electron chi connectivity index (χ4n) is 0.916. The van der Waals surface area contributed by atoms with Crippen molar-refractivity contribution in [3.63, 3.8) is 0 Å². The smallest absolute Gasteiger partial charge is 0.268 e. The van der Waals surface area contributed by atoms with E-state index in [1.165, 1.54) is 24.9 Å². The maximum Gasteiger partial charge on any atom is 0.268 e. The van der Waals surface area contributed by atoms with Crippen molar-refractivity contribution in [3.05, 3.63) is 30.5 Å². The lowest BCUT2D eigenvalue weighted by molar-refractivity contribution is 0.0995. The maximum atomic E-state index is 10.7. The summed E-state index contributed by atoms with van der Waals surface area (Å²) in [4.78, 5) is 22.3. The van der Waals surface area contributed by atoms with E-state index in [0.717, 1.165) is 0 Å². The van der Waals surface area contributed by atoms with Crippen molar-refractivity contribution >= 4 is 5.91 Å². The Bertz CT molecular complexity index is 435. The normalized spacial score (nSPS) is 10.0. The average Bonchev–Trinajstić information content (AvgIpc) is 2.71. The first-order valence-corrected chi connectivity index (χ1v) is 3.79. The molecule has 2 aromatic rings. The predicted molar refractivity (Wildman–Crippen MR) is 46.0 cm³/mol. The summed E-state index contributed by atoms with van der Waals surface area (Å²) in [6.45, 7) is 0. The standard InChI is InChI=1S/C8H6N4O2/c9-7(13)5-3-12-6(4-11-5)8-10-1-2-14-8/h1-4H,(H2,9,13). The van der Waals surface area contributed by atoms with Gasteiger partial charge in [0.25, 0.3) is 5.91 Å². The number of hydrogen-bond donors (Lipinski definition) is 1. The number of hydrogen-bond acceptors (Lipinski definition) is 5. The van der Waals surface area contributed by atoms with E-state index in [2.05, 4.69) is 15.0 Å². The third-order valence-electron chi connectivity index (χ3n) is 1.56. The van der Waals surface area contributed by atoms with Gasteiger partial charge in [0.2, 0.25) is 5.89 Å². The zero-order valence-corrected chi connectivity index (χ0v) is 7.04. The quantitative estimate of drug-likeness (QED) is 0.731. The number of amides is 1. The zero-order valence-electron chi connectivity index (χ0n) is 7.04. The van der Waals surface area contributed by atoms with Crippen LogP contribution in [-0.4, -0.2) is 20.9 Å². The molecule has 0 aliphatic rings. The van der Waals surface area contributed by atoms with Gasteiger partial charge in [-0.25, -0.2) is 15.0 Å². The Hall–Kier alpha value is -2.24. The van der Waals surface area contributed by atoms with Crippen LogP contribution in [-0.2, 0) is 0 Å². The fraction of sp³-hybridized carbons (Fsp3) is 0. The molecule has 2 rings (SSSR count). The van der Waals surface area contributed by atoms with Crippen molar-refractivity contribution in [1.82, 2.24) is 15.0 Å². The lowest BCUT2D eigenvalue weighted by Gasteiger charge is -1.95. The zero-order chi connectivity index (χ0) is 9.97. The predicted octanol–water partition coefficient (Wildman–Crippen LogP) is 0.231. The Morgan fingerprint density at radius 2 is 2.14 bits per heavy atom. The van der Waals surface area contributed by atoms with Crippen LogP contribution in [0.15, 0.2) is 29.3 Å². The second-order valence-electron chi connectivity index (χ2n) is 2.49. The number of carbonyl (C=O) groups excluding carboxylic acids is 1. The SMILES string of the molecule is NC(=O)c1cnc(-c2ncco2)cn1. The highest BCUT2D eigenvalue weighted by atomic mass is 16.3. The van der Waals surface area contributed by atoms with Crippen LogP contribution in [0.1, 0.15) is 10.5 Å². The molecule has 1 amide bonds. The topological polar surface area (TPSA) is 94.9 Å². The van der Waals surface area contributed by atoms with Gasteiger partial charge in [-0.15, -0.1) is 0 Å². The van der Waals surface area contributed by atoms with Crippen LogP contribution >= 0.6 is 0 Å².